The van der Waals surface area contributed by atoms with E-state index in [2.05, 4.69) is 10.3 Å². The number of amides is 1. The zero-order valence-electron chi connectivity index (χ0n) is 11.9. The number of rotatable bonds is 3. The summed E-state index contributed by atoms with van der Waals surface area (Å²) in [6, 6.07) is 9.75. The first kappa shape index (κ1) is 14.3. The molecule has 1 aliphatic carbocycles. The summed E-state index contributed by atoms with van der Waals surface area (Å²) in [5.41, 5.74) is 0.506. The maximum Gasteiger partial charge on any atom is 0.270 e. The predicted molar refractivity (Wildman–Crippen MR) is 85.7 cm³/mol. The predicted octanol–water partition coefficient (Wildman–Crippen LogP) is 3.76. The van der Waals surface area contributed by atoms with Crippen molar-refractivity contribution in [3.05, 3.63) is 42.2 Å². The van der Waals surface area contributed by atoms with Crippen molar-refractivity contribution in [1.82, 2.24) is 10.3 Å². The molecule has 2 atom stereocenters. The number of fused-ring (bicyclic) bond motifs is 1. The van der Waals surface area contributed by atoms with Gasteiger partial charge in [-0.25, -0.2) is 0 Å². The Balaban J connectivity index is 1.69. The van der Waals surface area contributed by atoms with E-state index in [-0.39, 0.29) is 11.3 Å². The number of carbonyl (C=O) groups is 1. The molecule has 3 rings (SSSR count). The van der Waals surface area contributed by atoms with Gasteiger partial charge in [-0.3, -0.25) is 9.78 Å². The summed E-state index contributed by atoms with van der Waals surface area (Å²) in [7, 11) is 0. The third kappa shape index (κ3) is 3.35. The molecule has 2 aromatic rings. The van der Waals surface area contributed by atoms with Crippen molar-refractivity contribution in [3.8, 4) is 0 Å². The van der Waals surface area contributed by atoms with E-state index in [1.807, 2.05) is 30.3 Å². The third-order valence-corrected chi connectivity index (χ3v) is 4.56. The number of carbonyl (C=O) groups excluding carboxylic acids is 1. The van der Waals surface area contributed by atoms with E-state index in [9.17, 15) is 4.79 Å². The van der Waals surface area contributed by atoms with Crippen LogP contribution >= 0.6 is 11.6 Å². The lowest BCUT2D eigenvalue weighted by Crippen LogP contribution is -2.32. The van der Waals surface area contributed by atoms with Crippen LogP contribution < -0.4 is 5.32 Å². The van der Waals surface area contributed by atoms with Gasteiger partial charge in [0.25, 0.3) is 5.91 Å². The standard InChI is InChI=1S/C17H19ClN2O/c18-14-6-3-4-12(10-14)11-20-17(21)16-15-7-2-1-5-13(15)8-9-19-16/h1-2,5,7-9,12,14H,3-4,6,10-11H2,(H,20,21). The molecular formula is C17H19ClN2O. The normalized spacial score (nSPS) is 22.1. The fraction of sp³-hybridized carbons (Fsp3) is 0.412. The Morgan fingerprint density at radius 1 is 1.29 bits per heavy atom. The lowest BCUT2D eigenvalue weighted by Gasteiger charge is -2.25. The van der Waals surface area contributed by atoms with Gasteiger partial charge in [0.05, 0.1) is 0 Å². The molecule has 0 radical (unpaired) electrons. The topological polar surface area (TPSA) is 42.0 Å². The monoisotopic (exact) mass is 302 g/mol. The van der Waals surface area contributed by atoms with Crippen LogP contribution in [0.15, 0.2) is 36.5 Å². The van der Waals surface area contributed by atoms with Crippen LogP contribution in [0.3, 0.4) is 0 Å². The second kappa shape index (κ2) is 6.44. The first-order valence-electron chi connectivity index (χ1n) is 7.50. The third-order valence-electron chi connectivity index (χ3n) is 4.16. The molecule has 0 aliphatic heterocycles. The van der Waals surface area contributed by atoms with Crippen molar-refractivity contribution in [2.75, 3.05) is 6.54 Å². The quantitative estimate of drug-likeness (QED) is 0.877. The largest absolute Gasteiger partial charge is 0.350 e. The minimum Gasteiger partial charge on any atom is -0.350 e. The summed E-state index contributed by atoms with van der Waals surface area (Å²) in [6.07, 6.45) is 6.07. The van der Waals surface area contributed by atoms with Crippen molar-refractivity contribution in [2.24, 2.45) is 5.92 Å². The summed E-state index contributed by atoms with van der Waals surface area (Å²) < 4.78 is 0. The fourth-order valence-corrected chi connectivity index (χ4v) is 3.44. The number of aromatic nitrogens is 1. The average molecular weight is 303 g/mol. The Morgan fingerprint density at radius 2 is 2.14 bits per heavy atom. The number of hydrogen-bond acceptors (Lipinski definition) is 2. The minimum absolute atomic E-state index is 0.0940. The molecule has 1 aromatic heterocycles. The van der Waals surface area contributed by atoms with E-state index in [4.69, 9.17) is 11.6 Å². The highest BCUT2D eigenvalue weighted by atomic mass is 35.5. The first-order chi connectivity index (χ1) is 10.2. The summed E-state index contributed by atoms with van der Waals surface area (Å²) in [5.74, 6) is 0.392. The summed E-state index contributed by atoms with van der Waals surface area (Å²) >= 11 is 6.20. The molecule has 3 nitrogen and oxygen atoms in total. The van der Waals surface area contributed by atoms with Crippen LogP contribution in [-0.2, 0) is 0 Å². The van der Waals surface area contributed by atoms with Crippen LogP contribution in [0.5, 0.6) is 0 Å². The van der Waals surface area contributed by atoms with Gasteiger partial charge in [-0.1, -0.05) is 30.7 Å². The number of alkyl halides is 1. The van der Waals surface area contributed by atoms with Gasteiger partial charge in [0, 0.05) is 23.5 Å². The highest BCUT2D eigenvalue weighted by molar-refractivity contribution is 6.20. The lowest BCUT2D eigenvalue weighted by atomic mass is 9.89. The molecule has 110 valence electrons. The second-order valence-corrected chi connectivity index (χ2v) is 6.34. The summed E-state index contributed by atoms with van der Waals surface area (Å²) in [5, 5.41) is 5.22. The van der Waals surface area contributed by atoms with E-state index in [1.165, 1.54) is 0 Å². The van der Waals surface area contributed by atoms with E-state index in [0.717, 1.165) is 36.5 Å². The van der Waals surface area contributed by atoms with Gasteiger partial charge < -0.3 is 5.32 Å². The van der Waals surface area contributed by atoms with Gasteiger partial charge >= 0.3 is 0 Å². The molecule has 1 aliphatic rings. The molecule has 1 fully saturated rings. The van der Waals surface area contributed by atoms with Crippen LogP contribution in [0.2, 0.25) is 0 Å². The highest BCUT2D eigenvalue weighted by Gasteiger charge is 2.21. The molecule has 0 saturated heterocycles. The number of benzene rings is 1. The molecule has 21 heavy (non-hydrogen) atoms. The summed E-state index contributed by atoms with van der Waals surface area (Å²) in [6.45, 7) is 0.687. The van der Waals surface area contributed by atoms with E-state index < -0.39 is 0 Å². The number of nitrogens with one attached hydrogen (secondary N) is 1. The van der Waals surface area contributed by atoms with Gasteiger partial charge in [0.15, 0.2) is 0 Å². The van der Waals surface area contributed by atoms with E-state index in [1.54, 1.807) is 6.20 Å². The van der Waals surface area contributed by atoms with Crippen molar-refractivity contribution in [1.29, 1.82) is 0 Å². The fourth-order valence-electron chi connectivity index (χ4n) is 3.03. The molecule has 2 unspecified atom stereocenters. The number of halogens is 1. The van der Waals surface area contributed by atoms with Crippen molar-refractivity contribution in [2.45, 2.75) is 31.1 Å². The molecule has 1 N–H and O–H groups in total. The molecule has 1 aromatic carbocycles. The van der Waals surface area contributed by atoms with Crippen molar-refractivity contribution < 1.29 is 4.79 Å². The van der Waals surface area contributed by atoms with Crippen LogP contribution in [0.25, 0.3) is 10.8 Å². The SMILES string of the molecule is O=C(NCC1CCCC(Cl)C1)c1nccc2ccccc12. The van der Waals surface area contributed by atoms with Gasteiger partial charge in [-0.15, -0.1) is 11.6 Å². The Hall–Kier alpha value is -1.61. The maximum atomic E-state index is 12.4. The van der Waals surface area contributed by atoms with E-state index in [0.29, 0.717) is 18.2 Å². The Bertz CT molecular complexity index is 638. The Morgan fingerprint density at radius 3 is 3.00 bits per heavy atom. The zero-order valence-corrected chi connectivity index (χ0v) is 12.6. The van der Waals surface area contributed by atoms with Crippen LogP contribution in [-0.4, -0.2) is 22.8 Å². The average Bonchev–Trinajstić information content (AvgIpc) is 2.52. The molecule has 0 bridgehead atoms. The molecule has 0 spiro atoms. The zero-order chi connectivity index (χ0) is 14.7. The van der Waals surface area contributed by atoms with Gasteiger partial charge in [0.1, 0.15) is 5.69 Å². The maximum absolute atomic E-state index is 12.4. The highest BCUT2D eigenvalue weighted by Crippen LogP contribution is 2.27. The Labute approximate surface area is 129 Å². The van der Waals surface area contributed by atoms with E-state index >= 15 is 0 Å². The van der Waals surface area contributed by atoms with Crippen LogP contribution in [0.4, 0.5) is 0 Å². The first-order valence-corrected chi connectivity index (χ1v) is 7.93. The van der Waals surface area contributed by atoms with Crippen molar-refractivity contribution >= 4 is 28.3 Å². The Kier molecular flexibility index (Phi) is 4.39. The van der Waals surface area contributed by atoms with Gasteiger partial charge in [-0.2, -0.15) is 0 Å². The minimum atomic E-state index is -0.0940. The molecule has 1 saturated carbocycles. The van der Waals surface area contributed by atoms with Gasteiger partial charge in [-0.05, 0) is 36.6 Å². The molecule has 1 amide bonds. The molecular weight excluding hydrogens is 284 g/mol. The number of nitrogens with zero attached hydrogens (tertiary/aromatic N) is 1. The van der Waals surface area contributed by atoms with Gasteiger partial charge in [0.2, 0.25) is 0 Å². The molecule has 1 heterocycles. The molecule has 4 heteroatoms. The smallest absolute Gasteiger partial charge is 0.270 e. The van der Waals surface area contributed by atoms with Crippen molar-refractivity contribution in [3.63, 3.8) is 0 Å². The number of pyridine rings is 1. The van der Waals surface area contributed by atoms with Crippen LogP contribution in [0.1, 0.15) is 36.2 Å². The number of hydrogen-bond donors (Lipinski definition) is 1. The lowest BCUT2D eigenvalue weighted by molar-refractivity contribution is 0.0940. The summed E-state index contributed by atoms with van der Waals surface area (Å²) in [4.78, 5) is 16.6. The van der Waals surface area contributed by atoms with Crippen LogP contribution in [0, 0.1) is 5.92 Å². The second-order valence-electron chi connectivity index (χ2n) is 5.72.